The van der Waals surface area contributed by atoms with Gasteiger partial charge in [-0.15, -0.1) is 0 Å². The van der Waals surface area contributed by atoms with E-state index in [1.165, 1.54) is 0 Å². The van der Waals surface area contributed by atoms with Crippen LogP contribution in [0.1, 0.15) is 13.3 Å². The second-order valence-corrected chi connectivity index (χ2v) is 4.01. The molecule has 1 aromatic rings. The van der Waals surface area contributed by atoms with Gasteiger partial charge < -0.3 is 14.8 Å². The Kier molecular flexibility index (Phi) is 9.00. The summed E-state index contributed by atoms with van der Waals surface area (Å²) in [6.45, 7) is 5.28. The molecule has 112 valence electrons. The highest BCUT2D eigenvalue weighted by atomic mass is 16.5. The van der Waals surface area contributed by atoms with E-state index >= 15 is 0 Å². The van der Waals surface area contributed by atoms with Gasteiger partial charge in [-0.25, -0.2) is 5.84 Å². The van der Waals surface area contributed by atoms with Gasteiger partial charge in [0, 0.05) is 19.8 Å². The van der Waals surface area contributed by atoms with E-state index in [0.717, 1.165) is 25.4 Å². The zero-order chi connectivity index (χ0) is 14.5. The van der Waals surface area contributed by atoms with E-state index in [0.29, 0.717) is 25.7 Å². The number of guanidine groups is 1. The number of hydrogen-bond acceptors (Lipinski definition) is 4. The molecule has 0 bridgehead atoms. The average molecular weight is 280 g/mol. The van der Waals surface area contributed by atoms with E-state index in [-0.39, 0.29) is 0 Å². The lowest BCUT2D eigenvalue weighted by atomic mass is 10.3. The summed E-state index contributed by atoms with van der Waals surface area (Å²) in [4.78, 5) is 4.29. The third kappa shape index (κ3) is 7.60. The maximum atomic E-state index is 5.55. The zero-order valence-electron chi connectivity index (χ0n) is 12.0. The Labute approximate surface area is 120 Å². The van der Waals surface area contributed by atoms with Crippen molar-refractivity contribution in [2.75, 3.05) is 32.9 Å². The molecular weight excluding hydrogens is 256 g/mol. The molecule has 6 nitrogen and oxygen atoms in total. The van der Waals surface area contributed by atoms with Crippen molar-refractivity contribution in [2.45, 2.75) is 13.3 Å². The number of nitrogens with two attached hydrogens (primary N) is 1. The fraction of sp³-hybridized carbons (Fsp3) is 0.500. The molecule has 0 fully saturated rings. The smallest absolute Gasteiger partial charge is 0.205 e. The summed E-state index contributed by atoms with van der Waals surface area (Å²) in [6, 6.07) is 9.68. The number of hydrogen-bond donors (Lipinski definition) is 3. The van der Waals surface area contributed by atoms with Crippen LogP contribution in [0.25, 0.3) is 0 Å². The first kappa shape index (κ1) is 16.3. The molecule has 0 spiro atoms. The summed E-state index contributed by atoms with van der Waals surface area (Å²) in [7, 11) is 0. The Balaban J connectivity index is 2.12. The van der Waals surface area contributed by atoms with Gasteiger partial charge in [0.2, 0.25) is 5.96 Å². The Hall–Kier alpha value is -1.79. The maximum Gasteiger partial charge on any atom is 0.205 e. The lowest BCUT2D eigenvalue weighted by Crippen LogP contribution is -2.43. The predicted octanol–water partition coefficient (Wildman–Crippen LogP) is 0.901. The lowest BCUT2D eigenvalue weighted by molar-refractivity contribution is 0.146. The summed E-state index contributed by atoms with van der Waals surface area (Å²) < 4.78 is 10.8. The molecule has 20 heavy (non-hydrogen) atoms. The van der Waals surface area contributed by atoms with Crippen LogP contribution in [-0.4, -0.2) is 38.9 Å². The molecular formula is C14H24N4O2. The molecule has 0 radical (unpaired) electrons. The second-order valence-electron chi connectivity index (χ2n) is 4.01. The Bertz CT molecular complexity index is 371. The van der Waals surface area contributed by atoms with Gasteiger partial charge in [-0.3, -0.25) is 10.4 Å². The van der Waals surface area contributed by atoms with Crippen molar-refractivity contribution in [3.63, 3.8) is 0 Å². The molecule has 0 amide bonds. The number of nitrogens with one attached hydrogen (secondary N) is 2. The number of rotatable bonds is 9. The van der Waals surface area contributed by atoms with Gasteiger partial charge in [0.15, 0.2) is 0 Å². The minimum absolute atomic E-state index is 0.545. The Morgan fingerprint density at radius 1 is 1.25 bits per heavy atom. The summed E-state index contributed by atoms with van der Waals surface area (Å²) in [5, 5.41) is 3.08. The van der Waals surface area contributed by atoms with Gasteiger partial charge in [0.1, 0.15) is 12.4 Å². The standard InChI is InChI=1S/C14H24N4O2/c1-2-19-11-6-9-16-14(18-15)17-10-12-20-13-7-4-3-5-8-13/h3-5,7-8H,2,6,9-12,15H2,1H3,(H2,16,17,18). The molecule has 0 aliphatic heterocycles. The first-order valence-electron chi connectivity index (χ1n) is 6.87. The normalized spacial score (nSPS) is 11.2. The highest BCUT2D eigenvalue weighted by Crippen LogP contribution is 2.07. The third-order valence-electron chi connectivity index (χ3n) is 2.46. The summed E-state index contributed by atoms with van der Waals surface area (Å²) in [6.07, 6.45) is 0.876. The lowest BCUT2D eigenvalue weighted by Gasteiger charge is -2.10. The van der Waals surface area contributed by atoms with Crippen LogP contribution in [-0.2, 0) is 4.74 Å². The van der Waals surface area contributed by atoms with Crippen molar-refractivity contribution in [1.82, 2.24) is 10.7 Å². The van der Waals surface area contributed by atoms with Crippen LogP contribution in [0, 0.1) is 0 Å². The molecule has 0 aromatic heterocycles. The molecule has 0 aliphatic carbocycles. The Morgan fingerprint density at radius 3 is 2.75 bits per heavy atom. The van der Waals surface area contributed by atoms with Crippen LogP contribution < -0.4 is 21.3 Å². The average Bonchev–Trinajstić information content (AvgIpc) is 2.50. The Morgan fingerprint density at radius 2 is 2.05 bits per heavy atom. The van der Waals surface area contributed by atoms with Gasteiger partial charge in [-0.1, -0.05) is 18.2 Å². The summed E-state index contributed by atoms with van der Waals surface area (Å²) in [5.41, 5.74) is 2.53. The quantitative estimate of drug-likeness (QED) is 0.206. The van der Waals surface area contributed by atoms with Crippen LogP contribution in [0.4, 0.5) is 0 Å². The minimum Gasteiger partial charge on any atom is -0.492 e. The fourth-order valence-corrected chi connectivity index (χ4v) is 1.51. The first-order valence-corrected chi connectivity index (χ1v) is 6.87. The van der Waals surface area contributed by atoms with E-state index in [1.807, 2.05) is 37.3 Å². The van der Waals surface area contributed by atoms with E-state index < -0.39 is 0 Å². The topological polar surface area (TPSA) is 80.9 Å². The molecule has 1 aromatic carbocycles. The van der Waals surface area contributed by atoms with Crippen LogP contribution in [0.3, 0.4) is 0 Å². The van der Waals surface area contributed by atoms with Gasteiger partial charge in [-0.2, -0.15) is 0 Å². The van der Waals surface area contributed by atoms with Gasteiger partial charge in [-0.05, 0) is 25.5 Å². The number of ether oxygens (including phenoxy) is 2. The van der Waals surface area contributed by atoms with Crippen molar-refractivity contribution >= 4 is 5.96 Å². The van der Waals surface area contributed by atoms with Gasteiger partial charge in [0.25, 0.3) is 0 Å². The third-order valence-corrected chi connectivity index (χ3v) is 2.46. The van der Waals surface area contributed by atoms with E-state index in [1.54, 1.807) is 0 Å². The van der Waals surface area contributed by atoms with E-state index in [9.17, 15) is 0 Å². The van der Waals surface area contributed by atoms with Crippen molar-refractivity contribution in [1.29, 1.82) is 0 Å². The van der Waals surface area contributed by atoms with Crippen LogP contribution in [0.2, 0.25) is 0 Å². The van der Waals surface area contributed by atoms with Crippen LogP contribution in [0.15, 0.2) is 35.3 Å². The molecule has 1 rings (SSSR count). The molecule has 0 atom stereocenters. The molecule has 6 heteroatoms. The van der Waals surface area contributed by atoms with Gasteiger partial charge >= 0.3 is 0 Å². The van der Waals surface area contributed by atoms with E-state index in [4.69, 9.17) is 15.3 Å². The molecule has 0 saturated heterocycles. The largest absolute Gasteiger partial charge is 0.492 e. The molecule has 0 heterocycles. The SMILES string of the molecule is CCOCCCN=C(NN)NCCOc1ccccc1. The maximum absolute atomic E-state index is 5.55. The monoisotopic (exact) mass is 280 g/mol. The number of hydrazine groups is 1. The summed E-state index contributed by atoms with van der Waals surface area (Å²) in [5.74, 6) is 6.81. The van der Waals surface area contributed by atoms with Crippen LogP contribution in [0.5, 0.6) is 5.75 Å². The highest BCUT2D eigenvalue weighted by Gasteiger charge is 1.96. The second kappa shape index (κ2) is 11.1. The molecule has 0 saturated carbocycles. The first-order chi connectivity index (χ1) is 9.86. The number of para-hydroxylation sites is 1. The van der Waals surface area contributed by atoms with Gasteiger partial charge in [0.05, 0.1) is 6.54 Å². The van der Waals surface area contributed by atoms with E-state index in [2.05, 4.69) is 15.7 Å². The van der Waals surface area contributed by atoms with Crippen molar-refractivity contribution < 1.29 is 9.47 Å². The van der Waals surface area contributed by atoms with Crippen LogP contribution >= 0.6 is 0 Å². The van der Waals surface area contributed by atoms with Crippen molar-refractivity contribution in [2.24, 2.45) is 10.8 Å². The highest BCUT2D eigenvalue weighted by molar-refractivity contribution is 5.79. The molecule has 4 N–H and O–H groups in total. The number of aliphatic imine (C=N–C) groups is 1. The fourth-order valence-electron chi connectivity index (χ4n) is 1.51. The zero-order valence-corrected chi connectivity index (χ0v) is 12.0. The van der Waals surface area contributed by atoms with Crippen molar-refractivity contribution in [3.8, 4) is 5.75 Å². The number of benzene rings is 1. The number of nitrogens with zero attached hydrogens (tertiary/aromatic N) is 1. The minimum atomic E-state index is 0.545. The van der Waals surface area contributed by atoms with Crippen molar-refractivity contribution in [3.05, 3.63) is 30.3 Å². The molecule has 0 unspecified atom stereocenters. The molecule has 0 aliphatic rings. The summed E-state index contributed by atoms with van der Waals surface area (Å²) >= 11 is 0. The predicted molar refractivity (Wildman–Crippen MR) is 80.7 cm³/mol.